The van der Waals surface area contributed by atoms with Crippen LogP contribution in [-0.4, -0.2) is 29.6 Å². The van der Waals surface area contributed by atoms with Crippen molar-refractivity contribution in [3.8, 4) is 0 Å². The van der Waals surface area contributed by atoms with E-state index in [1.807, 2.05) is 6.07 Å². The Labute approximate surface area is 124 Å². The van der Waals surface area contributed by atoms with Crippen molar-refractivity contribution in [2.75, 3.05) is 19.6 Å². The molecule has 0 aliphatic carbocycles. The monoisotopic (exact) mass is 291 g/mol. The smallest absolute Gasteiger partial charge is 0.170 e. The van der Waals surface area contributed by atoms with Gasteiger partial charge in [-0.05, 0) is 50.9 Å². The van der Waals surface area contributed by atoms with Crippen LogP contribution in [0.25, 0.3) is 11.0 Å². The van der Waals surface area contributed by atoms with Gasteiger partial charge in [0, 0.05) is 11.9 Å². The van der Waals surface area contributed by atoms with Crippen molar-refractivity contribution in [2.24, 2.45) is 0 Å². The second-order valence-corrected chi connectivity index (χ2v) is 6.00. The second kappa shape index (κ2) is 5.78. The highest BCUT2D eigenvalue weighted by Gasteiger charge is 2.35. The summed E-state index contributed by atoms with van der Waals surface area (Å²) in [7, 11) is 0. The lowest BCUT2D eigenvalue weighted by Gasteiger charge is -2.24. The normalized spacial score (nSPS) is 24.3. The van der Waals surface area contributed by atoms with Crippen LogP contribution in [0.1, 0.15) is 38.4 Å². The maximum Gasteiger partial charge on any atom is 0.170 e. The van der Waals surface area contributed by atoms with Gasteiger partial charge in [0.1, 0.15) is 11.4 Å². The molecule has 2 heterocycles. The fraction of sp³-hybridized carbons (Fsp3) is 0.529. The average Bonchev–Trinajstić information content (AvgIpc) is 2.83. The summed E-state index contributed by atoms with van der Waals surface area (Å²) in [6, 6.07) is 6.65. The number of benzene rings is 1. The van der Waals surface area contributed by atoms with E-state index >= 15 is 0 Å². The van der Waals surface area contributed by atoms with Crippen LogP contribution in [0.3, 0.4) is 0 Å². The number of halogens is 1. The molecule has 1 unspecified atom stereocenters. The average molecular weight is 291 g/mol. The molecule has 1 aliphatic heterocycles. The van der Waals surface area contributed by atoms with Gasteiger partial charge in [-0.15, -0.1) is 0 Å². The minimum absolute atomic E-state index is 0.246. The first-order valence-electron chi connectivity index (χ1n) is 7.76. The Hall–Kier alpha value is -1.39. The summed E-state index contributed by atoms with van der Waals surface area (Å²) in [5, 5.41) is 11.7. The van der Waals surface area contributed by atoms with E-state index in [4.69, 9.17) is 4.42 Å². The van der Waals surface area contributed by atoms with Gasteiger partial charge in [0.25, 0.3) is 0 Å². The standard InChI is InChI=1S/C17H22FNO2/c1-2-9-19-10-4-7-17(20,8-11-19)15-12-13-5-3-6-14(18)16(13)21-15/h3,5-6,12,20H,2,4,7-11H2,1H3. The number of rotatable bonds is 3. The molecule has 1 aliphatic rings. The molecular weight excluding hydrogens is 269 g/mol. The number of hydrogen-bond acceptors (Lipinski definition) is 3. The molecule has 21 heavy (non-hydrogen) atoms. The summed E-state index contributed by atoms with van der Waals surface area (Å²) in [5.41, 5.74) is -0.732. The lowest BCUT2D eigenvalue weighted by molar-refractivity contribution is 0.00167. The molecule has 0 amide bonds. The van der Waals surface area contributed by atoms with Crippen molar-refractivity contribution in [2.45, 2.75) is 38.2 Å². The summed E-state index contributed by atoms with van der Waals surface area (Å²) < 4.78 is 19.4. The van der Waals surface area contributed by atoms with Crippen molar-refractivity contribution in [1.82, 2.24) is 4.90 Å². The van der Waals surface area contributed by atoms with E-state index in [2.05, 4.69) is 11.8 Å². The molecule has 4 heteroatoms. The molecule has 3 rings (SSSR count). The van der Waals surface area contributed by atoms with Crippen LogP contribution in [0, 0.1) is 5.82 Å². The van der Waals surface area contributed by atoms with Crippen LogP contribution < -0.4 is 0 Å². The van der Waals surface area contributed by atoms with Crippen LogP contribution in [0.4, 0.5) is 4.39 Å². The van der Waals surface area contributed by atoms with E-state index in [0.717, 1.165) is 32.5 Å². The second-order valence-electron chi connectivity index (χ2n) is 6.00. The molecular formula is C17H22FNO2. The van der Waals surface area contributed by atoms with Gasteiger partial charge in [-0.2, -0.15) is 0 Å². The van der Waals surface area contributed by atoms with Crippen LogP contribution in [0.15, 0.2) is 28.7 Å². The molecule has 0 bridgehead atoms. The first-order chi connectivity index (χ1) is 10.1. The van der Waals surface area contributed by atoms with Gasteiger partial charge >= 0.3 is 0 Å². The van der Waals surface area contributed by atoms with E-state index < -0.39 is 5.60 Å². The molecule has 1 saturated heterocycles. The van der Waals surface area contributed by atoms with E-state index in [1.165, 1.54) is 6.07 Å². The molecule has 1 atom stereocenters. The van der Waals surface area contributed by atoms with Gasteiger partial charge in [-0.1, -0.05) is 19.1 Å². The lowest BCUT2D eigenvalue weighted by atomic mass is 9.92. The highest BCUT2D eigenvalue weighted by atomic mass is 19.1. The first-order valence-corrected chi connectivity index (χ1v) is 7.76. The van der Waals surface area contributed by atoms with Gasteiger partial charge in [-0.25, -0.2) is 4.39 Å². The van der Waals surface area contributed by atoms with Crippen molar-refractivity contribution in [3.63, 3.8) is 0 Å². The highest BCUT2D eigenvalue weighted by Crippen LogP contribution is 2.36. The fourth-order valence-corrected chi connectivity index (χ4v) is 3.22. The molecule has 1 aromatic carbocycles. The summed E-state index contributed by atoms with van der Waals surface area (Å²) in [4.78, 5) is 2.38. The maximum absolute atomic E-state index is 13.8. The van der Waals surface area contributed by atoms with Crippen molar-refractivity contribution >= 4 is 11.0 Å². The third kappa shape index (κ3) is 2.83. The Balaban J connectivity index is 1.88. The summed E-state index contributed by atoms with van der Waals surface area (Å²) >= 11 is 0. The Bertz CT molecular complexity index is 624. The molecule has 114 valence electrons. The van der Waals surface area contributed by atoms with Crippen molar-refractivity contribution < 1.29 is 13.9 Å². The van der Waals surface area contributed by atoms with Crippen LogP contribution in [0.2, 0.25) is 0 Å². The predicted molar refractivity (Wildman–Crippen MR) is 80.7 cm³/mol. The Morgan fingerprint density at radius 1 is 1.33 bits per heavy atom. The summed E-state index contributed by atoms with van der Waals surface area (Å²) in [5.74, 6) is 0.129. The summed E-state index contributed by atoms with van der Waals surface area (Å²) in [6.07, 6.45) is 3.34. The summed E-state index contributed by atoms with van der Waals surface area (Å²) in [6.45, 7) is 5.08. The van der Waals surface area contributed by atoms with Gasteiger partial charge in [0.05, 0.1) is 0 Å². The Morgan fingerprint density at radius 3 is 2.95 bits per heavy atom. The van der Waals surface area contributed by atoms with E-state index in [-0.39, 0.29) is 11.4 Å². The molecule has 0 saturated carbocycles. The number of aliphatic hydroxyl groups is 1. The topological polar surface area (TPSA) is 36.6 Å². The molecule has 3 nitrogen and oxygen atoms in total. The van der Waals surface area contributed by atoms with Crippen LogP contribution in [-0.2, 0) is 5.60 Å². The zero-order valence-electron chi connectivity index (χ0n) is 12.4. The number of para-hydroxylation sites is 1. The molecule has 0 spiro atoms. The number of furan rings is 1. The number of nitrogens with zero attached hydrogens (tertiary/aromatic N) is 1. The van der Waals surface area contributed by atoms with Crippen LogP contribution >= 0.6 is 0 Å². The third-order valence-electron chi connectivity index (χ3n) is 4.40. The zero-order valence-corrected chi connectivity index (χ0v) is 12.4. The van der Waals surface area contributed by atoms with Gasteiger partial charge < -0.3 is 14.4 Å². The minimum atomic E-state index is -0.978. The van der Waals surface area contributed by atoms with E-state index in [9.17, 15) is 9.50 Å². The SMILES string of the molecule is CCCN1CCCC(O)(c2cc3cccc(F)c3o2)CC1. The Morgan fingerprint density at radius 2 is 2.19 bits per heavy atom. The minimum Gasteiger partial charge on any atom is -0.455 e. The van der Waals surface area contributed by atoms with Gasteiger partial charge in [0.2, 0.25) is 0 Å². The highest BCUT2D eigenvalue weighted by molar-refractivity contribution is 5.78. The van der Waals surface area contributed by atoms with Crippen molar-refractivity contribution in [1.29, 1.82) is 0 Å². The van der Waals surface area contributed by atoms with Crippen LogP contribution in [0.5, 0.6) is 0 Å². The molecule has 1 fully saturated rings. The largest absolute Gasteiger partial charge is 0.455 e. The third-order valence-corrected chi connectivity index (χ3v) is 4.40. The first kappa shape index (κ1) is 14.5. The van der Waals surface area contributed by atoms with E-state index in [1.54, 1.807) is 12.1 Å². The fourth-order valence-electron chi connectivity index (χ4n) is 3.22. The number of likely N-dealkylation sites (tertiary alicyclic amines) is 1. The number of hydrogen-bond donors (Lipinski definition) is 1. The predicted octanol–water partition coefficient (Wildman–Crippen LogP) is 3.66. The van der Waals surface area contributed by atoms with Gasteiger partial charge in [-0.3, -0.25) is 0 Å². The van der Waals surface area contributed by atoms with E-state index in [0.29, 0.717) is 24.0 Å². The van der Waals surface area contributed by atoms with Gasteiger partial charge in [0.15, 0.2) is 11.4 Å². The molecule has 1 aromatic heterocycles. The molecule has 1 N–H and O–H groups in total. The maximum atomic E-state index is 13.8. The Kier molecular flexibility index (Phi) is 4.00. The van der Waals surface area contributed by atoms with Crippen molar-refractivity contribution in [3.05, 3.63) is 35.8 Å². The molecule has 2 aromatic rings. The quantitative estimate of drug-likeness (QED) is 0.937. The lowest BCUT2D eigenvalue weighted by Crippen LogP contribution is -2.29. The zero-order chi connectivity index (χ0) is 14.9. The molecule has 0 radical (unpaired) electrons. The number of fused-ring (bicyclic) bond motifs is 1.